The molecule has 19 heavy (non-hydrogen) atoms. The highest BCUT2D eigenvalue weighted by Crippen LogP contribution is 2.05. The first kappa shape index (κ1) is 14.7. The molecule has 0 heterocycles. The van der Waals surface area contributed by atoms with E-state index in [1.807, 2.05) is 18.2 Å². The summed E-state index contributed by atoms with van der Waals surface area (Å²) in [4.78, 5) is 22.0. The molecule has 1 aromatic carbocycles. The molecule has 0 aliphatic carbocycles. The van der Waals surface area contributed by atoms with Crippen molar-refractivity contribution >= 4 is 11.8 Å². The molecule has 0 bridgehead atoms. The van der Waals surface area contributed by atoms with Crippen molar-refractivity contribution in [2.45, 2.75) is 13.3 Å². The molecule has 4 nitrogen and oxygen atoms in total. The highest BCUT2D eigenvalue weighted by Gasteiger charge is 2.01. The van der Waals surface area contributed by atoms with E-state index in [-0.39, 0.29) is 12.4 Å². The molecule has 0 aromatic heterocycles. The summed E-state index contributed by atoms with van der Waals surface area (Å²) in [5, 5.41) is 8.38. The number of benzene rings is 1. The lowest BCUT2D eigenvalue weighted by atomic mass is 10.1. The minimum absolute atomic E-state index is 0.0381. The van der Waals surface area contributed by atoms with Crippen LogP contribution in [0.15, 0.2) is 54.3 Å². The van der Waals surface area contributed by atoms with Gasteiger partial charge < -0.3 is 9.84 Å². The predicted molar refractivity (Wildman–Crippen MR) is 71.9 cm³/mol. The van der Waals surface area contributed by atoms with Gasteiger partial charge in [-0.15, -0.1) is 0 Å². The molecule has 0 saturated carbocycles. The zero-order valence-corrected chi connectivity index (χ0v) is 10.7. The van der Waals surface area contributed by atoms with Gasteiger partial charge in [-0.2, -0.15) is 0 Å². The minimum atomic E-state index is -1.02. The number of allylic oxidation sites excluding steroid dienone is 3. The van der Waals surface area contributed by atoms with Gasteiger partial charge in [-0.25, -0.2) is 4.79 Å². The zero-order valence-electron chi connectivity index (χ0n) is 10.7. The van der Waals surface area contributed by atoms with E-state index in [0.717, 1.165) is 5.57 Å². The van der Waals surface area contributed by atoms with E-state index < -0.39 is 5.97 Å². The Morgan fingerprint density at radius 3 is 2.58 bits per heavy atom. The predicted octanol–water partition coefficient (Wildman–Crippen LogP) is 2.82. The molecule has 1 N–H and O–H groups in total. The molecular weight excluding hydrogens is 244 g/mol. The number of Topliss-reactive ketones (excluding diaryl/α,β-unsaturated/α-hetero) is 1. The van der Waals surface area contributed by atoms with Crippen molar-refractivity contribution < 1.29 is 19.4 Å². The summed E-state index contributed by atoms with van der Waals surface area (Å²) in [6, 6.07) is 9.05. The van der Waals surface area contributed by atoms with Crippen LogP contribution < -0.4 is 0 Å². The van der Waals surface area contributed by atoms with Crippen molar-refractivity contribution in [1.29, 1.82) is 0 Å². The zero-order chi connectivity index (χ0) is 14.1. The normalized spacial score (nSPS) is 11.5. The van der Waals surface area contributed by atoms with Gasteiger partial charge in [0, 0.05) is 12.0 Å². The van der Waals surface area contributed by atoms with Crippen molar-refractivity contribution in [2.24, 2.45) is 0 Å². The number of hydrogen-bond acceptors (Lipinski definition) is 3. The first-order chi connectivity index (χ1) is 9.09. The molecule has 0 amide bonds. The van der Waals surface area contributed by atoms with Crippen LogP contribution in [-0.2, 0) is 9.53 Å². The summed E-state index contributed by atoms with van der Waals surface area (Å²) >= 11 is 0. The molecule has 0 fully saturated rings. The lowest BCUT2D eigenvalue weighted by molar-refractivity contribution is -0.140. The van der Waals surface area contributed by atoms with E-state index in [0.29, 0.717) is 12.0 Å². The summed E-state index contributed by atoms with van der Waals surface area (Å²) in [6.07, 6.45) is 5.11. The first-order valence-corrected chi connectivity index (χ1v) is 5.84. The molecule has 0 atom stereocenters. The maximum absolute atomic E-state index is 11.7. The van der Waals surface area contributed by atoms with Crippen LogP contribution in [0.4, 0.5) is 0 Å². The fourth-order valence-corrected chi connectivity index (χ4v) is 1.38. The lowest BCUT2D eigenvalue weighted by Gasteiger charge is -1.98. The highest BCUT2D eigenvalue weighted by atomic mass is 16.5. The largest absolute Gasteiger partial charge is 0.489 e. The first-order valence-electron chi connectivity index (χ1n) is 5.84. The molecule has 100 valence electrons. The van der Waals surface area contributed by atoms with Gasteiger partial charge in [-0.05, 0) is 12.5 Å². The van der Waals surface area contributed by atoms with Crippen LogP contribution in [0.25, 0.3) is 0 Å². The van der Waals surface area contributed by atoms with Crippen LogP contribution >= 0.6 is 0 Å². The van der Waals surface area contributed by atoms with Crippen LogP contribution in [-0.4, -0.2) is 23.5 Å². The van der Waals surface area contributed by atoms with Gasteiger partial charge in [0.25, 0.3) is 0 Å². The third-order valence-electron chi connectivity index (χ3n) is 2.26. The molecule has 0 radical (unpaired) electrons. The molecule has 0 unspecified atom stereocenters. The Labute approximate surface area is 112 Å². The van der Waals surface area contributed by atoms with E-state index in [2.05, 4.69) is 0 Å². The van der Waals surface area contributed by atoms with Gasteiger partial charge in [0.05, 0.1) is 6.26 Å². The lowest BCUT2D eigenvalue weighted by Crippen LogP contribution is -2.03. The molecule has 0 spiro atoms. The summed E-state index contributed by atoms with van der Waals surface area (Å²) < 4.78 is 4.80. The minimum Gasteiger partial charge on any atom is -0.489 e. The number of carbonyl (C=O) groups is 2. The number of hydrogen-bond donors (Lipinski definition) is 1. The number of carboxylic acids is 1. The number of carbonyl (C=O) groups excluding carboxylic acids is 1. The summed E-state index contributed by atoms with van der Waals surface area (Å²) in [5.41, 5.74) is 1.43. The maximum atomic E-state index is 11.7. The number of aliphatic carboxylic acids is 1. The number of carboxylic acid groups (broad SMARTS) is 1. The molecule has 0 saturated heterocycles. The second-order valence-electron chi connectivity index (χ2n) is 3.96. The quantitative estimate of drug-likeness (QED) is 0.465. The third-order valence-corrected chi connectivity index (χ3v) is 2.26. The van der Waals surface area contributed by atoms with E-state index in [4.69, 9.17) is 9.84 Å². The van der Waals surface area contributed by atoms with Gasteiger partial charge in [-0.3, -0.25) is 4.79 Å². The molecule has 1 rings (SSSR count). The van der Waals surface area contributed by atoms with Crippen LogP contribution in [0, 0.1) is 0 Å². The van der Waals surface area contributed by atoms with Gasteiger partial charge >= 0.3 is 5.97 Å². The number of ketones is 1. The SMILES string of the molecule is CC(/C=C/CC(=O)c1ccccc1)=C\OCC(=O)O. The van der Waals surface area contributed by atoms with Gasteiger partial charge in [-0.1, -0.05) is 42.5 Å². The molecular formula is C15H16O4. The monoisotopic (exact) mass is 260 g/mol. The summed E-state index contributed by atoms with van der Waals surface area (Å²) in [6.45, 7) is 1.40. The third kappa shape index (κ3) is 6.21. The van der Waals surface area contributed by atoms with Crippen molar-refractivity contribution in [3.05, 3.63) is 59.9 Å². The van der Waals surface area contributed by atoms with Gasteiger partial charge in [0.1, 0.15) is 0 Å². The molecule has 1 aromatic rings. The van der Waals surface area contributed by atoms with Crippen LogP contribution in [0.5, 0.6) is 0 Å². The average molecular weight is 260 g/mol. The van der Waals surface area contributed by atoms with E-state index in [9.17, 15) is 9.59 Å². The maximum Gasteiger partial charge on any atom is 0.341 e. The Balaban J connectivity index is 2.41. The van der Waals surface area contributed by atoms with Crippen molar-refractivity contribution in [3.63, 3.8) is 0 Å². The van der Waals surface area contributed by atoms with Crippen molar-refractivity contribution in [3.8, 4) is 0 Å². The summed E-state index contributed by atoms with van der Waals surface area (Å²) in [7, 11) is 0. The smallest absolute Gasteiger partial charge is 0.341 e. The fourth-order valence-electron chi connectivity index (χ4n) is 1.38. The second kappa shape index (κ2) is 7.87. The topological polar surface area (TPSA) is 63.6 Å². The molecule has 0 aliphatic heterocycles. The van der Waals surface area contributed by atoms with Crippen molar-refractivity contribution in [2.75, 3.05) is 6.61 Å². The highest BCUT2D eigenvalue weighted by molar-refractivity contribution is 5.96. The van der Waals surface area contributed by atoms with Gasteiger partial charge in [0.15, 0.2) is 12.4 Å². The fraction of sp³-hybridized carbons (Fsp3) is 0.200. The second-order valence-corrected chi connectivity index (χ2v) is 3.96. The molecule has 4 heteroatoms. The Bertz CT molecular complexity index is 486. The van der Waals surface area contributed by atoms with E-state index >= 15 is 0 Å². The Morgan fingerprint density at radius 1 is 1.26 bits per heavy atom. The molecule has 0 aliphatic rings. The van der Waals surface area contributed by atoms with E-state index in [1.54, 1.807) is 31.2 Å². The van der Waals surface area contributed by atoms with Crippen LogP contribution in [0.1, 0.15) is 23.7 Å². The number of rotatable bonds is 7. The standard InChI is InChI=1S/C15H16O4/c1-12(10-19-11-15(17)18)6-5-9-14(16)13-7-3-2-4-8-13/h2-8,10H,9,11H2,1H3,(H,17,18)/b6-5+,12-10+. The van der Waals surface area contributed by atoms with Gasteiger partial charge in [0.2, 0.25) is 0 Å². The van der Waals surface area contributed by atoms with E-state index in [1.165, 1.54) is 6.26 Å². The Hall–Kier alpha value is -2.36. The van der Waals surface area contributed by atoms with Crippen molar-refractivity contribution in [1.82, 2.24) is 0 Å². The summed E-state index contributed by atoms with van der Waals surface area (Å²) in [5.74, 6) is -0.983. The Morgan fingerprint density at radius 2 is 1.95 bits per heavy atom. The average Bonchev–Trinajstić information content (AvgIpc) is 2.39. The number of ether oxygens (including phenoxy) is 1. The Kier molecular flexibility index (Phi) is 6.09. The van der Waals surface area contributed by atoms with Crippen LogP contribution in [0.3, 0.4) is 0 Å². The van der Waals surface area contributed by atoms with Crippen LogP contribution in [0.2, 0.25) is 0 Å².